The van der Waals surface area contributed by atoms with Crippen LogP contribution in [-0.4, -0.2) is 59.0 Å². The summed E-state index contributed by atoms with van der Waals surface area (Å²) in [5, 5.41) is 9.49. The lowest BCUT2D eigenvalue weighted by molar-refractivity contribution is -0.173. The van der Waals surface area contributed by atoms with E-state index in [-0.39, 0.29) is 13.0 Å². The fraction of sp³-hybridized carbons (Fsp3) is 0.769. The van der Waals surface area contributed by atoms with Crippen LogP contribution in [0.1, 0.15) is 33.1 Å². The summed E-state index contributed by atoms with van der Waals surface area (Å²) in [6.07, 6.45) is 0.136. The number of hydrogen-bond acceptors (Lipinski definition) is 6. The molecular formula is C13H22N2O5. The van der Waals surface area contributed by atoms with Crippen molar-refractivity contribution in [1.82, 2.24) is 4.90 Å². The molecule has 0 unspecified atom stereocenters. The lowest BCUT2D eigenvalue weighted by atomic mass is 9.80. The van der Waals surface area contributed by atoms with Gasteiger partial charge >= 0.3 is 5.97 Å². The molecule has 0 spiro atoms. The lowest BCUT2D eigenvalue weighted by Gasteiger charge is -2.44. The number of ether oxygens (including phenoxy) is 1. The SMILES string of the molecule is COC(=O)[C@]1(C(=O)[C@H](C)N)CCCCN1C(=O)[C@@H](C)O. The largest absolute Gasteiger partial charge is 0.467 e. The molecule has 0 bridgehead atoms. The van der Waals surface area contributed by atoms with Crippen LogP contribution < -0.4 is 5.73 Å². The van der Waals surface area contributed by atoms with E-state index in [4.69, 9.17) is 10.5 Å². The Morgan fingerprint density at radius 2 is 1.90 bits per heavy atom. The van der Waals surface area contributed by atoms with E-state index in [1.165, 1.54) is 13.8 Å². The minimum Gasteiger partial charge on any atom is -0.467 e. The van der Waals surface area contributed by atoms with Crippen LogP contribution >= 0.6 is 0 Å². The monoisotopic (exact) mass is 286 g/mol. The van der Waals surface area contributed by atoms with Crippen LogP contribution in [0.15, 0.2) is 0 Å². The number of rotatable bonds is 4. The number of piperidine rings is 1. The second kappa shape index (κ2) is 6.32. The maximum absolute atomic E-state index is 12.5. The molecule has 7 heteroatoms. The summed E-state index contributed by atoms with van der Waals surface area (Å²) < 4.78 is 4.73. The first-order chi connectivity index (χ1) is 9.28. The van der Waals surface area contributed by atoms with Gasteiger partial charge in [-0.3, -0.25) is 9.59 Å². The minimum atomic E-state index is -1.71. The summed E-state index contributed by atoms with van der Waals surface area (Å²) in [5.74, 6) is -2.02. The van der Waals surface area contributed by atoms with Gasteiger partial charge in [0.2, 0.25) is 5.54 Å². The molecule has 7 nitrogen and oxygen atoms in total. The second-order valence-electron chi connectivity index (χ2n) is 5.13. The first-order valence-corrected chi connectivity index (χ1v) is 6.67. The topological polar surface area (TPSA) is 110 Å². The normalized spacial score (nSPS) is 25.8. The van der Waals surface area contributed by atoms with Gasteiger partial charge in [-0.2, -0.15) is 0 Å². The van der Waals surface area contributed by atoms with E-state index < -0.39 is 35.3 Å². The summed E-state index contributed by atoms with van der Waals surface area (Å²) in [6.45, 7) is 2.99. The smallest absolute Gasteiger partial charge is 0.339 e. The molecule has 1 amide bonds. The molecule has 1 rings (SSSR count). The van der Waals surface area contributed by atoms with E-state index in [0.29, 0.717) is 12.8 Å². The highest BCUT2D eigenvalue weighted by molar-refractivity contribution is 6.13. The zero-order valence-corrected chi connectivity index (χ0v) is 12.1. The van der Waals surface area contributed by atoms with E-state index in [2.05, 4.69) is 0 Å². The fourth-order valence-electron chi connectivity index (χ4n) is 2.61. The Hall–Kier alpha value is -1.47. The minimum absolute atomic E-state index is 0.165. The van der Waals surface area contributed by atoms with Gasteiger partial charge in [0.05, 0.1) is 13.2 Å². The standard InChI is InChI=1S/C13H22N2O5/c1-8(14)10(17)13(12(19)20-3)6-4-5-7-15(13)11(18)9(2)16/h8-9,16H,4-7,14H2,1-3H3/t8-,9+,13+/m0/s1. The van der Waals surface area contributed by atoms with E-state index in [1.807, 2.05) is 0 Å². The van der Waals surface area contributed by atoms with Crippen LogP contribution in [0.5, 0.6) is 0 Å². The molecule has 0 aliphatic carbocycles. The van der Waals surface area contributed by atoms with E-state index >= 15 is 0 Å². The molecule has 20 heavy (non-hydrogen) atoms. The number of hydrogen-bond donors (Lipinski definition) is 2. The van der Waals surface area contributed by atoms with Crippen molar-refractivity contribution in [3.05, 3.63) is 0 Å². The van der Waals surface area contributed by atoms with Crippen molar-refractivity contribution >= 4 is 17.7 Å². The quantitative estimate of drug-likeness (QED) is 0.517. The van der Waals surface area contributed by atoms with Gasteiger partial charge in [-0.25, -0.2) is 4.79 Å². The number of carbonyl (C=O) groups excluding carboxylic acids is 3. The van der Waals surface area contributed by atoms with E-state index in [1.54, 1.807) is 0 Å². The number of carbonyl (C=O) groups is 3. The summed E-state index contributed by atoms with van der Waals surface area (Å²) in [7, 11) is 1.16. The van der Waals surface area contributed by atoms with Gasteiger partial charge in [-0.15, -0.1) is 0 Å². The number of nitrogens with two attached hydrogens (primary N) is 1. The van der Waals surface area contributed by atoms with Crippen molar-refractivity contribution in [2.75, 3.05) is 13.7 Å². The highest BCUT2D eigenvalue weighted by Gasteiger charge is 2.55. The first kappa shape index (κ1) is 16.6. The Morgan fingerprint density at radius 1 is 1.30 bits per heavy atom. The van der Waals surface area contributed by atoms with Crippen molar-refractivity contribution in [2.24, 2.45) is 5.73 Å². The molecule has 3 atom stereocenters. The lowest BCUT2D eigenvalue weighted by Crippen LogP contribution is -2.68. The zero-order valence-electron chi connectivity index (χ0n) is 12.1. The Morgan fingerprint density at radius 3 is 2.35 bits per heavy atom. The van der Waals surface area contributed by atoms with E-state index in [0.717, 1.165) is 12.0 Å². The number of esters is 1. The number of amides is 1. The number of methoxy groups -OCH3 is 1. The Kier molecular flexibility index (Phi) is 5.24. The van der Waals surface area contributed by atoms with Crippen LogP contribution in [0, 0.1) is 0 Å². The third-order valence-electron chi connectivity index (χ3n) is 3.60. The number of ketones is 1. The van der Waals surface area contributed by atoms with E-state index in [9.17, 15) is 19.5 Å². The van der Waals surface area contributed by atoms with Crippen LogP contribution in [0.2, 0.25) is 0 Å². The van der Waals surface area contributed by atoms with Gasteiger partial charge < -0.3 is 20.5 Å². The third kappa shape index (κ3) is 2.69. The highest BCUT2D eigenvalue weighted by atomic mass is 16.5. The molecule has 1 fully saturated rings. The number of Topliss-reactive ketones (excluding diaryl/α,β-unsaturated/α-hetero) is 1. The highest BCUT2D eigenvalue weighted by Crippen LogP contribution is 2.32. The van der Waals surface area contributed by atoms with Crippen molar-refractivity contribution in [1.29, 1.82) is 0 Å². The predicted molar refractivity (Wildman–Crippen MR) is 70.6 cm³/mol. The first-order valence-electron chi connectivity index (χ1n) is 6.67. The number of aliphatic hydroxyl groups excluding tert-OH is 1. The molecule has 1 saturated heterocycles. The number of aliphatic hydroxyl groups is 1. The van der Waals surface area contributed by atoms with Gasteiger partial charge in [0.15, 0.2) is 5.78 Å². The summed E-state index contributed by atoms with van der Waals surface area (Å²) in [6, 6.07) is -0.906. The van der Waals surface area contributed by atoms with Gasteiger partial charge in [0.25, 0.3) is 5.91 Å². The molecule has 0 aromatic heterocycles. The van der Waals surface area contributed by atoms with Gasteiger partial charge in [0, 0.05) is 6.54 Å². The molecule has 1 aliphatic heterocycles. The van der Waals surface area contributed by atoms with Crippen molar-refractivity contribution in [2.45, 2.75) is 50.8 Å². The molecule has 0 saturated carbocycles. The Balaban J connectivity index is 3.32. The van der Waals surface area contributed by atoms with Crippen molar-refractivity contribution in [3.63, 3.8) is 0 Å². The number of likely N-dealkylation sites (tertiary alicyclic amines) is 1. The molecule has 114 valence electrons. The Bertz CT molecular complexity index is 408. The van der Waals surface area contributed by atoms with Crippen molar-refractivity contribution < 1.29 is 24.2 Å². The van der Waals surface area contributed by atoms with Crippen molar-refractivity contribution in [3.8, 4) is 0 Å². The molecule has 0 aromatic carbocycles. The average molecular weight is 286 g/mol. The molecule has 3 N–H and O–H groups in total. The summed E-state index contributed by atoms with van der Waals surface area (Å²) in [4.78, 5) is 37.9. The third-order valence-corrected chi connectivity index (χ3v) is 3.60. The maximum atomic E-state index is 12.5. The van der Waals surface area contributed by atoms with Crippen LogP contribution in [0.4, 0.5) is 0 Å². The van der Waals surface area contributed by atoms with Gasteiger partial charge in [-0.1, -0.05) is 0 Å². The maximum Gasteiger partial charge on any atom is 0.339 e. The second-order valence-corrected chi connectivity index (χ2v) is 5.13. The summed E-state index contributed by atoms with van der Waals surface area (Å²) >= 11 is 0. The van der Waals surface area contributed by atoms with Gasteiger partial charge in [-0.05, 0) is 33.1 Å². The molecule has 0 aromatic rings. The molecule has 0 radical (unpaired) electrons. The molecule has 1 heterocycles. The van der Waals surface area contributed by atoms with Gasteiger partial charge in [0.1, 0.15) is 6.10 Å². The van der Waals surface area contributed by atoms with Crippen LogP contribution in [0.3, 0.4) is 0 Å². The Labute approximate surface area is 118 Å². The zero-order chi connectivity index (χ0) is 15.5. The predicted octanol–water partition coefficient (Wildman–Crippen LogP) is -0.792. The fourth-order valence-corrected chi connectivity index (χ4v) is 2.61. The average Bonchev–Trinajstić information content (AvgIpc) is 2.44. The van der Waals surface area contributed by atoms with Crippen LogP contribution in [-0.2, 0) is 19.1 Å². The van der Waals surface area contributed by atoms with Crippen LogP contribution in [0.25, 0.3) is 0 Å². The summed E-state index contributed by atoms with van der Waals surface area (Å²) in [5.41, 5.74) is 3.91. The molecule has 1 aliphatic rings. The number of nitrogens with zero attached hydrogens (tertiary/aromatic N) is 1. The molecular weight excluding hydrogens is 264 g/mol.